The zero-order chi connectivity index (χ0) is 14.5. The van der Waals surface area contributed by atoms with Gasteiger partial charge in [-0.15, -0.1) is 0 Å². The second-order valence-electron chi connectivity index (χ2n) is 4.82. The fraction of sp³-hybridized carbons (Fsp3) is 0.429. The monoisotopic (exact) mass is 278 g/mol. The molecule has 1 aliphatic heterocycles. The van der Waals surface area contributed by atoms with Crippen molar-refractivity contribution in [3.63, 3.8) is 0 Å². The summed E-state index contributed by atoms with van der Waals surface area (Å²) in [5.74, 6) is -0.980. The molecule has 6 heteroatoms. The Labute approximate surface area is 117 Å². The molecule has 3 N–H and O–H groups in total. The van der Waals surface area contributed by atoms with E-state index in [0.717, 1.165) is 12.8 Å². The minimum absolute atomic E-state index is 0.127. The highest BCUT2D eigenvalue weighted by molar-refractivity contribution is 5.92. The van der Waals surface area contributed by atoms with Gasteiger partial charge in [0.1, 0.15) is 0 Å². The number of aromatic carboxylic acids is 1. The summed E-state index contributed by atoms with van der Waals surface area (Å²) in [5.41, 5.74) is 1.53. The number of carboxylic acids is 1. The molecule has 1 fully saturated rings. The number of urea groups is 1. The van der Waals surface area contributed by atoms with Crippen LogP contribution in [0, 0.1) is 6.92 Å². The summed E-state index contributed by atoms with van der Waals surface area (Å²) in [6.45, 7) is 3.09. The molecule has 6 nitrogen and oxygen atoms in total. The SMILES string of the molecule is Cc1cc(C(=O)O)ccc1NC(=O)NC1CCOCC1. The standard InChI is InChI=1S/C14H18N2O4/c1-9-8-10(13(17)18)2-3-12(9)16-14(19)15-11-4-6-20-7-5-11/h2-3,8,11H,4-7H2,1H3,(H,17,18)(H2,15,16,19). The highest BCUT2D eigenvalue weighted by atomic mass is 16.5. The maximum absolute atomic E-state index is 11.9. The number of aryl methyl sites for hydroxylation is 1. The molecule has 108 valence electrons. The molecule has 1 aliphatic rings. The van der Waals surface area contributed by atoms with Crippen molar-refractivity contribution in [3.05, 3.63) is 29.3 Å². The Morgan fingerprint density at radius 1 is 1.30 bits per heavy atom. The van der Waals surface area contributed by atoms with Crippen LogP contribution in [0.4, 0.5) is 10.5 Å². The first-order chi connectivity index (χ1) is 9.56. The number of carboxylic acid groups (broad SMARTS) is 1. The van der Waals surface area contributed by atoms with Crippen LogP contribution in [-0.4, -0.2) is 36.4 Å². The molecular formula is C14H18N2O4. The lowest BCUT2D eigenvalue weighted by Gasteiger charge is -2.23. The lowest BCUT2D eigenvalue weighted by atomic mass is 10.1. The zero-order valence-corrected chi connectivity index (χ0v) is 11.3. The van der Waals surface area contributed by atoms with Gasteiger partial charge in [0.05, 0.1) is 5.56 Å². The van der Waals surface area contributed by atoms with Crippen LogP contribution >= 0.6 is 0 Å². The van der Waals surface area contributed by atoms with E-state index in [9.17, 15) is 9.59 Å². The van der Waals surface area contributed by atoms with Gasteiger partial charge in [0.25, 0.3) is 0 Å². The third-order valence-electron chi connectivity index (χ3n) is 3.28. The molecule has 2 rings (SSSR count). The van der Waals surface area contributed by atoms with E-state index >= 15 is 0 Å². The molecule has 0 atom stereocenters. The van der Waals surface area contributed by atoms with Gasteiger partial charge in [-0.1, -0.05) is 0 Å². The van der Waals surface area contributed by atoms with E-state index in [1.165, 1.54) is 12.1 Å². The molecule has 0 radical (unpaired) electrons. The van der Waals surface area contributed by atoms with Crippen molar-refractivity contribution in [2.75, 3.05) is 18.5 Å². The van der Waals surface area contributed by atoms with Crippen LogP contribution in [0.15, 0.2) is 18.2 Å². The molecule has 0 bridgehead atoms. The van der Waals surface area contributed by atoms with E-state index in [2.05, 4.69) is 10.6 Å². The Morgan fingerprint density at radius 2 is 2.00 bits per heavy atom. The maximum atomic E-state index is 11.9. The fourth-order valence-electron chi connectivity index (χ4n) is 2.12. The van der Waals surface area contributed by atoms with E-state index in [0.29, 0.717) is 24.5 Å². The van der Waals surface area contributed by atoms with Gasteiger partial charge >= 0.3 is 12.0 Å². The molecule has 0 aliphatic carbocycles. The molecule has 1 aromatic rings. The zero-order valence-electron chi connectivity index (χ0n) is 11.3. The van der Waals surface area contributed by atoms with Gasteiger partial charge in [-0.25, -0.2) is 9.59 Å². The topological polar surface area (TPSA) is 87.7 Å². The Hall–Kier alpha value is -2.08. The highest BCUT2D eigenvalue weighted by Crippen LogP contribution is 2.16. The van der Waals surface area contributed by atoms with Gasteiger partial charge in [-0.2, -0.15) is 0 Å². The number of hydrogen-bond acceptors (Lipinski definition) is 3. The summed E-state index contributed by atoms with van der Waals surface area (Å²) >= 11 is 0. The summed E-state index contributed by atoms with van der Waals surface area (Å²) in [6, 6.07) is 4.46. The lowest BCUT2D eigenvalue weighted by Crippen LogP contribution is -2.41. The van der Waals surface area contributed by atoms with E-state index in [1.54, 1.807) is 13.0 Å². The van der Waals surface area contributed by atoms with Crippen LogP contribution in [0.1, 0.15) is 28.8 Å². The van der Waals surface area contributed by atoms with Gasteiger partial charge in [0, 0.05) is 24.9 Å². The Morgan fingerprint density at radius 3 is 2.60 bits per heavy atom. The minimum Gasteiger partial charge on any atom is -0.478 e. The van der Waals surface area contributed by atoms with Crippen LogP contribution in [0.3, 0.4) is 0 Å². The third-order valence-corrected chi connectivity index (χ3v) is 3.28. The summed E-state index contributed by atoms with van der Waals surface area (Å²) in [4.78, 5) is 22.7. The first-order valence-corrected chi connectivity index (χ1v) is 6.55. The predicted octanol–water partition coefficient (Wildman–Crippen LogP) is 1.99. The van der Waals surface area contributed by atoms with Crippen LogP contribution in [0.5, 0.6) is 0 Å². The van der Waals surface area contributed by atoms with E-state index in [-0.39, 0.29) is 17.6 Å². The summed E-state index contributed by atoms with van der Waals surface area (Å²) in [7, 11) is 0. The molecule has 0 saturated carbocycles. The minimum atomic E-state index is -0.980. The van der Waals surface area contributed by atoms with Crippen molar-refractivity contribution in [1.82, 2.24) is 5.32 Å². The molecule has 0 spiro atoms. The molecule has 1 heterocycles. The average molecular weight is 278 g/mol. The second kappa shape index (κ2) is 6.38. The summed E-state index contributed by atoms with van der Waals surface area (Å²) < 4.78 is 5.23. The normalized spacial score (nSPS) is 15.7. The first kappa shape index (κ1) is 14.3. The van der Waals surface area contributed by atoms with Gasteiger partial charge in [-0.05, 0) is 43.5 Å². The first-order valence-electron chi connectivity index (χ1n) is 6.55. The highest BCUT2D eigenvalue weighted by Gasteiger charge is 2.16. The molecular weight excluding hydrogens is 260 g/mol. The summed E-state index contributed by atoms with van der Waals surface area (Å²) in [5, 5.41) is 14.5. The van der Waals surface area contributed by atoms with Gasteiger partial charge in [0.2, 0.25) is 0 Å². The number of hydrogen-bond donors (Lipinski definition) is 3. The molecule has 1 saturated heterocycles. The van der Waals surface area contributed by atoms with E-state index in [4.69, 9.17) is 9.84 Å². The molecule has 0 unspecified atom stereocenters. The average Bonchev–Trinajstić information content (AvgIpc) is 2.42. The molecule has 20 heavy (non-hydrogen) atoms. The van der Waals surface area contributed by atoms with Crippen molar-refractivity contribution in [3.8, 4) is 0 Å². The predicted molar refractivity (Wildman–Crippen MR) is 74.1 cm³/mol. The van der Waals surface area contributed by atoms with Crippen LogP contribution in [0.2, 0.25) is 0 Å². The van der Waals surface area contributed by atoms with Crippen molar-refractivity contribution in [1.29, 1.82) is 0 Å². The van der Waals surface area contributed by atoms with Gasteiger partial charge < -0.3 is 20.5 Å². The van der Waals surface area contributed by atoms with Gasteiger partial charge in [0.15, 0.2) is 0 Å². The number of carbonyl (C=O) groups is 2. The quantitative estimate of drug-likeness (QED) is 0.789. The van der Waals surface area contributed by atoms with Crippen molar-refractivity contribution >= 4 is 17.7 Å². The van der Waals surface area contributed by atoms with Gasteiger partial charge in [-0.3, -0.25) is 0 Å². The number of anilines is 1. The van der Waals surface area contributed by atoms with Crippen LogP contribution in [0.25, 0.3) is 0 Å². The third kappa shape index (κ3) is 3.71. The largest absolute Gasteiger partial charge is 0.478 e. The lowest BCUT2D eigenvalue weighted by molar-refractivity contribution is 0.0696. The van der Waals surface area contributed by atoms with Crippen LogP contribution < -0.4 is 10.6 Å². The number of benzene rings is 1. The molecule has 0 aromatic heterocycles. The van der Waals surface area contributed by atoms with E-state index < -0.39 is 5.97 Å². The molecule has 2 amide bonds. The Kier molecular flexibility index (Phi) is 4.57. The number of amides is 2. The van der Waals surface area contributed by atoms with Crippen molar-refractivity contribution in [2.45, 2.75) is 25.8 Å². The number of rotatable bonds is 3. The number of ether oxygens (including phenoxy) is 1. The molecule has 1 aromatic carbocycles. The second-order valence-corrected chi connectivity index (χ2v) is 4.82. The smallest absolute Gasteiger partial charge is 0.335 e. The Balaban J connectivity index is 1.95. The van der Waals surface area contributed by atoms with Crippen molar-refractivity contribution in [2.24, 2.45) is 0 Å². The Bertz CT molecular complexity index is 510. The van der Waals surface area contributed by atoms with Crippen LogP contribution in [-0.2, 0) is 4.74 Å². The summed E-state index contributed by atoms with van der Waals surface area (Å²) in [6.07, 6.45) is 1.62. The fourth-order valence-corrected chi connectivity index (χ4v) is 2.12. The van der Waals surface area contributed by atoms with E-state index in [1.807, 2.05) is 0 Å². The van der Waals surface area contributed by atoms with Crippen molar-refractivity contribution < 1.29 is 19.4 Å². The number of carbonyl (C=O) groups excluding carboxylic acids is 1. The number of nitrogens with one attached hydrogen (secondary N) is 2. The maximum Gasteiger partial charge on any atom is 0.335 e.